The van der Waals surface area contributed by atoms with Gasteiger partial charge in [0.25, 0.3) is 0 Å². The minimum absolute atomic E-state index is 0.000257. The quantitative estimate of drug-likeness (QED) is 0.898. The third kappa shape index (κ3) is 4.52. The molecule has 1 amide bonds. The Labute approximate surface area is 131 Å². The predicted molar refractivity (Wildman–Crippen MR) is 83.9 cm³/mol. The number of nitrogens with one attached hydrogen (secondary N) is 1. The summed E-state index contributed by atoms with van der Waals surface area (Å²) in [5.41, 5.74) is -0.417. The Morgan fingerprint density at radius 1 is 1.27 bits per heavy atom. The number of likely N-dealkylation sites (tertiary alicyclic amines) is 1. The zero-order valence-corrected chi connectivity index (χ0v) is 13.5. The fraction of sp³-hybridized carbons (Fsp3) is 0.588. The van der Waals surface area contributed by atoms with E-state index >= 15 is 0 Å². The van der Waals surface area contributed by atoms with Crippen LogP contribution in [0.2, 0.25) is 0 Å². The summed E-state index contributed by atoms with van der Waals surface area (Å²) in [6, 6.07) is 6.02. The minimum Gasteiger partial charge on any atom is -0.385 e. The van der Waals surface area contributed by atoms with Gasteiger partial charge in [0, 0.05) is 18.6 Å². The maximum atomic E-state index is 13.0. The normalized spacial score (nSPS) is 19.0. The lowest BCUT2D eigenvalue weighted by Gasteiger charge is -2.38. The van der Waals surface area contributed by atoms with Gasteiger partial charge in [-0.15, -0.1) is 0 Å². The summed E-state index contributed by atoms with van der Waals surface area (Å²) < 4.78 is 13.0. The number of hydrogen-bond acceptors (Lipinski definition) is 3. The van der Waals surface area contributed by atoms with Gasteiger partial charge >= 0.3 is 0 Å². The van der Waals surface area contributed by atoms with E-state index in [0.717, 1.165) is 5.56 Å². The van der Waals surface area contributed by atoms with Crippen LogP contribution in [0.4, 0.5) is 4.39 Å². The van der Waals surface area contributed by atoms with E-state index in [1.165, 1.54) is 12.1 Å². The van der Waals surface area contributed by atoms with Gasteiger partial charge in [0.2, 0.25) is 5.91 Å². The van der Waals surface area contributed by atoms with Gasteiger partial charge in [-0.2, -0.15) is 0 Å². The van der Waals surface area contributed by atoms with E-state index in [9.17, 15) is 14.3 Å². The van der Waals surface area contributed by atoms with Crippen molar-refractivity contribution in [3.63, 3.8) is 0 Å². The smallest absolute Gasteiger partial charge is 0.234 e. The molecule has 5 heteroatoms. The SMILES string of the molecule is CC(C)(C)NC(=O)CN1CCC(O)(c2ccc(F)cc2)CC1. The average molecular weight is 308 g/mol. The molecule has 4 nitrogen and oxygen atoms in total. The number of piperidine rings is 1. The molecule has 1 aromatic carbocycles. The van der Waals surface area contributed by atoms with E-state index in [2.05, 4.69) is 5.32 Å². The van der Waals surface area contributed by atoms with E-state index < -0.39 is 5.60 Å². The van der Waals surface area contributed by atoms with Gasteiger partial charge in [0.05, 0.1) is 12.1 Å². The van der Waals surface area contributed by atoms with Crippen LogP contribution in [0.3, 0.4) is 0 Å². The number of nitrogens with zero attached hydrogens (tertiary/aromatic N) is 1. The summed E-state index contributed by atoms with van der Waals surface area (Å²) in [6.07, 6.45) is 1.09. The van der Waals surface area contributed by atoms with Gasteiger partial charge < -0.3 is 10.4 Å². The number of amides is 1. The monoisotopic (exact) mass is 308 g/mol. The molecule has 122 valence electrons. The highest BCUT2D eigenvalue weighted by atomic mass is 19.1. The summed E-state index contributed by atoms with van der Waals surface area (Å²) in [5.74, 6) is -0.302. The van der Waals surface area contributed by atoms with Crippen LogP contribution in [0, 0.1) is 5.82 Å². The number of halogens is 1. The van der Waals surface area contributed by atoms with Crippen LogP contribution >= 0.6 is 0 Å². The predicted octanol–water partition coefficient (Wildman–Crippen LogP) is 2.02. The molecule has 2 N–H and O–H groups in total. The van der Waals surface area contributed by atoms with E-state index in [0.29, 0.717) is 32.5 Å². The highest BCUT2D eigenvalue weighted by molar-refractivity contribution is 5.78. The Bertz CT molecular complexity index is 514. The van der Waals surface area contributed by atoms with Crippen LogP contribution < -0.4 is 5.32 Å². The van der Waals surface area contributed by atoms with Gasteiger partial charge in [0.15, 0.2) is 0 Å². The van der Waals surface area contributed by atoms with Gasteiger partial charge in [-0.3, -0.25) is 9.69 Å². The van der Waals surface area contributed by atoms with Crippen molar-refractivity contribution in [2.24, 2.45) is 0 Å². The molecule has 1 heterocycles. The fourth-order valence-corrected chi connectivity index (χ4v) is 2.79. The number of carbonyl (C=O) groups is 1. The topological polar surface area (TPSA) is 52.6 Å². The molecule has 1 saturated heterocycles. The van der Waals surface area contributed by atoms with Crippen LogP contribution in [0.15, 0.2) is 24.3 Å². The number of carbonyl (C=O) groups excluding carboxylic acids is 1. The molecule has 1 aromatic rings. The second-order valence-corrected chi connectivity index (χ2v) is 7.11. The molecular formula is C17H25FN2O2. The minimum atomic E-state index is -0.926. The Morgan fingerprint density at radius 3 is 2.32 bits per heavy atom. The number of rotatable bonds is 3. The molecule has 1 fully saturated rings. The van der Waals surface area contributed by atoms with Gasteiger partial charge in [-0.1, -0.05) is 12.1 Å². The fourth-order valence-electron chi connectivity index (χ4n) is 2.79. The van der Waals surface area contributed by atoms with Crippen molar-refractivity contribution in [3.05, 3.63) is 35.6 Å². The number of hydrogen-bond donors (Lipinski definition) is 2. The van der Waals surface area contributed by atoms with Crippen molar-refractivity contribution in [1.82, 2.24) is 10.2 Å². The first-order valence-electron chi connectivity index (χ1n) is 7.70. The zero-order valence-electron chi connectivity index (χ0n) is 13.5. The van der Waals surface area contributed by atoms with Crippen molar-refractivity contribution < 1.29 is 14.3 Å². The number of benzene rings is 1. The van der Waals surface area contributed by atoms with E-state index in [-0.39, 0.29) is 17.3 Å². The van der Waals surface area contributed by atoms with Crippen molar-refractivity contribution >= 4 is 5.91 Å². The molecule has 0 spiro atoms. The summed E-state index contributed by atoms with van der Waals surface area (Å²) in [4.78, 5) is 14.0. The highest BCUT2D eigenvalue weighted by Crippen LogP contribution is 2.32. The molecule has 0 aliphatic carbocycles. The molecule has 0 atom stereocenters. The second kappa shape index (κ2) is 6.34. The first-order chi connectivity index (χ1) is 10.2. The van der Waals surface area contributed by atoms with Crippen LogP contribution in [0.5, 0.6) is 0 Å². The van der Waals surface area contributed by atoms with Crippen molar-refractivity contribution in [2.45, 2.75) is 44.8 Å². The number of aliphatic hydroxyl groups is 1. The summed E-state index contributed by atoms with van der Waals surface area (Å²) in [7, 11) is 0. The first kappa shape index (κ1) is 16.9. The molecule has 0 radical (unpaired) electrons. The van der Waals surface area contributed by atoms with E-state index in [1.807, 2.05) is 25.7 Å². The van der Waals surface area contributed by atoms with Crippen LogP contribution in [0.1, 0.15) is 39.2 Å². The second-order valence-electron chi connectivity index (χ2n) is 7.11. The van der Waals surface area contributed by atoms with Crippen molar-refractivity contribution in [2.75, 3.05) is 19.6 Å². The molecule has 0 saturated carbocycles. The largest absolute Gasteiger partial charge is 0.385 e. The lowest BCUT2D eigenvalue weighted by molar-refractivity contribution is -0.125. The first-order valence-corrected chi connectivity index (χ1v) is 7.70. The lowest BCUT2D eigenvalue weighted by Crippen LogP contribution is -2.49. The highest BCUT2D eigenvalue weighted by Gasteiger charge is 2.34. The van der Waals surface area contributed by atoms with Crippen LogP contribution in [0.25, 0.3) is 0 Å². The molecular weight excluding hydrogens is 283 g/mol. The van der Waals surface area contributed by atoms with Crippen LogP contribution in [-0.2, 0) is 10.4 Å². The third-order valence-electron chi connectivity index (χ3n) is 3.95. The van der Waals surface area contributed by atoms with E-state index in [4.69, 9.17) is 0 Å². The van der Waals surface area contributed by atoms with Crippen molar-refractivity contribution in [1.29, 1.82) is 0 Å². The molecule has 0 aromatic heterocycles. The molecule has 0 bridgehead atoms. The van der Waals surface area contributed by atoms with Crippen molar-refractivity contribution in [3.8, 4) is 0 Å². The Hall–Kier alpha value is -1.46. The van der Waals surface area contributed by atoms with Gasteiger partial charge in [0.1, 0.15) is 5.82 Å². The summed E-state index contributed by atoms with van der Waals surface area (Å²) in [6.45, 7) is 7.49. The molecule has 2 rings (SSSR count). The zero-order chi connectivity index (χ0) is 16.4. The summed E-state index contributed by atoms with van der Waals surface area (Å²) in [5, 5.41) is 13.7. The maximum Gasteiger partial charge on any atom is 0.234 e. The summed E-state index contributed by atoms with van der Waals surface area (Å²) >= 11 is 0. The molecule has 1 aliphatic rings. The molecule has 1 aliphatic heterocycles. The molecule has 22 heavy (non-hydrogen) atoms. The molecule has 0 unspecified atom stereocenters. The average Bonchev–Trinajstić information content (AvgIpc) is 2.40. The van der Waals surface area contributed by atoms with Crippen LogP contribution in [-0.4, -0.2) is 41.1 Å². The van der Waals surface area contributed by atoms with Gasteiger partial charge in [-0.25, -0.2) is 4.39 Å². The van der Waals surface area contributed by atoms with E-state index in [1.54, 1.807) is 12.1 Å². The third-order valence-corrected chi connectivity index (χ3v) is 3.95. The van der Waals surface area contributed by atoms with Gasteiger partial charge in [-0.05, 0) is 51.3 Å². The Kier molecular flexibility index (Phi) is 4.87. The standard InChI is InChI=1S/C17H25FN2O2/c1-16(2,3)19-15(21)12-20-10-8-17(22,9-11-20)13-4-6-14(18)7-5-13/h4-7,22H,8-12H2,1-3H3,(H,19,21). The maximum absolute atomic E-state index is 13.0. The Balaban J connectivity index is 1.90. The lowest BCUT2D eigenvalue weighted by atomic mass is 9.84. The Morgan fingerprint density at radius 2 is 1.82 bits per heavy atom.